The van der Waals surface area contributed by atoms with E-state index in [1.54, 1.807) is 0 Å². The van der Waals surface area contributed by atoms with Crippen molar-refractivity contribution in [2.24, 2.45) is 0 Å². The third-order valence-corrected chi connectivity index (χ3v) is 6.28. The van der Waals surface area contributed by atoms with Gasteiger partial charge >= 0.3 is 0 Å². The third kappa shape index (κ3) is 5.57. The summed E-state index contributed by atoms with van der Waals surface area (Å²) >= 11 is 0. The second-order valence-corrected chi connectivity index (χ2v) is 8.38. The number of benzene rings is 2. The molecular weight excluding hydrogens is 400 g/mol. The van der Waals surface area contributed by atoms with Gasteiger partial charge in [-0.25, -0.2) is 0 Å². The van der Waals surface area contributed by atoms with Gasteiger partial charge in [0.25, 0.3) is 5.91 Å². The highest BCUT2D eigenvalue weighted by Gasteiger charge is 2.26. The third-order valence-electron chi connectivity index (χ3n) is 6.28. The lowest BCUT2D eigenvalue weighted by Crippen LogP contribution is -2.47. The van der Waals surface area contributed by atoms with Gasteiger partial charge in [-0.15, -0.1) is 0 Å². The molecule has 1 N–H and O–H groups in total. The zero-order valence-corrected chi connectivity index (χ0v) is 19.2. The minimum absolute atomic E-state index is 0.0805. The van der Waals surface area contributed by atoms with Crippen LogP contribution in [-0.4, -0.2) is 65.7 Å². The molecule has 1 unspecified atom stereocenters. The van der Waals surface area contributed by atoms with Crippen LogP contribution in [0.5, 0.6) is 0 Å². The van der Waals surface area contributed by atoms with Crippen molar-refractivity contribution in [3.8, 4) is 0 Å². The van der Waals surface area contributed by atoms with Crippen LogP contribution in [0, 0.1) is 0 Å². The summed E-state index contributed by atoms with van der Waals surface area (Å²) in [5.41, 5.74) is 3.26. The Kier molecular flexibility index (Phi) is 7.58. The molecule has 1 aromatic heterocycles. The van der Waals surface area contributed by atoms with Gasteiger partial charge in [-0.05, 0) is 42.9 Å². The lowest BCUT2D eigenvalue weighted by atomic mass is 10.1. The van der Waals surface area contributed by atoms with E-state index in [1.807, 2.05) is 30.3 Å². The number of carbonyl (C=O) groups excluding carboxylic acids is 1. The Morgan fingerprint density at radius 2 is 1.94 bits per heavy atom. The zero-order valence-electron chi connectivity index (χ0n) is 19.2. The number of fused-ring (bicyclic) bond motifs is 1. The van der Waals surface area contributed by atoms with Crippen molar-refractivity contribution >= 4 is 22.5 Å². The normalized spacial score (nSPS) is 17.2. The molecule has 6 heteroatoms. The van der Waals surface area contributed by atoms with Crippen molar-refractivity contribution in [1.82, 2.24) is 14.4 Å². The number of hydrogen-bond acceptors (Lipinski definition) is 4. The summed E-state index contributed by atoms with van der Waals surface area (Å²) in [6.07, 6.45) is 1.67. The Balaban J connectivity index is 1.36. The van der Waals surface area contributed by atoms with E-state index in [-0.39, 0.29) is 5.91 Å². The molecule has 1 atom stereocenters. The number of carbonyl (C=O) groups is 1. The standard InChI is InChI=1S/C26H34N4O2/c1-3-28(4-2)14-15-30-13-12-22-18-23(10-11-24(22)30)27-26(31)25-20-29(16-17-32-25)19-21-8-6-5-7-9-21/h5-13,18,25H,3-4,14-17,19-20H2,1-2H3,(H,27,31). The molecule has 2 heterocycles. The number of nitrogens with zero attached hydrogens (tertiary/aromatic N) is 3. The highest BCUT2D eigenvalue weighted by atomic mass is 16.5. The molecule has 32 heavy (non-hydrogen) atoms. The van der Waals surface area contributed by atoms with Crippen molar-refractivity contribution in [2.75, 3.05) is 44.6 Å². The summed E-state index contributed by atoms with van der Waals surface area (Å²) in [6.45, 7) is 11.4. The van der Waals surface area contributed by atoms with Gasteiger partial charge in [0.2, 0.25) is 0 Å². The van der Waals surface area contributed by atoms with Crippen LogP contribution in [0.25, 0.3) is 10.9 Å². The van der Waals surface area contributed by atoms with Gasteiger partial charge in [0.15, 0.2) is 0 Å². The lowest BCUT2D eigenvalue weighted by Gasteiger charge is -2.32. The molecule has 0 spiro atoms. The molecule has 3 aromatic rings. The van der Waals surface area contributed by atoms with E-state index in [0.29, 0.717) is 13.2 Å². The number of amides is 1. The second-order valence-electron chi connectivity index (χ2n) is 8.38. The molecule has 6 nitrogen and oxygen atoms in total. The number of likely N-dealkylation sites (N-methyl/N-ethyl adjacent to an activating group) is 1. The van der Waals surface area contributed by atoms with Crippen LogP contribution in [0.1, 0.15) is 19.4 Å². The molecular formula is C26H34N4O2. The molecule has 1 aliphatic heterocycles. The first-order valence-electron chi connectivity index (χ1n) is 11.7. The largest absolute Gasteiger partial charge is 0.366 e. The molecule has 1 fully saturated rings. The summed E-state index contributed by atoms with van der Waals surface area (Å²) in [7, 11) is 0. The van der Waals surface area contributed by atoms with E-state index >= 15 is 0 Å². The second kappa shape index (κ2) is 10.8. The monoisotopic (exact) mass is 434 g/mol. The van der Waals surface area contributed by atoms with Gasteiger partial charge in [0, 0.05) is 55.5 Å². The minimum Gasteiger partial charge on any atom is -0.366 e. The molecule has 2 aromatic carbocycles. The fourth-order valence-electron chi connectivity index (χ4n) is 4.33. The van der Waals surface area contributed by atoms with Crippen molar-refractivity contribution in [3.05, 3.63) is 66.4 Å². The molecule has 1 amide bonds. The fourth-order valence-corrected chi connectivity index (χ4v) is 4.33. The molecule has 170 valence electrons. The van der Waals surface area contributed by atoms with Crippen molar-refractivity contribution in [2.45, 2.75) is 33.0 Å². The number of aromatic nitrogens is 1. The smallest absolute Gasteiger partial charge is 0.254 e. The fraction of sp³-hybridized carbons (Fsp3) is 0.423. The van der Waals surface area contributed by atoms with Gasteiger partial charge in [-0.1, -0.05) is 44.2 Å². The van der Waals surface area contributed by atoms with Crippen molar-refractivity contribution in [3.63, 3.8) is 0 Å². The quantitative estimate of drug-likeness (QED) is 0.556. The van der Waals surface area contributed by atoms with Crippen LogP contribution < -0.4 is 5.32 Å². The SMILES string of the molecule is CCN(CC)CCn1ccc2cc(NC(=O)C3CN(Cc4ccccc4)CCO3)ccc21. The van der Waals surface area contributed by atoms with Crippen LogP contribution in [0.3, 0.4) is 0 Å². The Labute approximate surface area is 190 Å². The number of hydrogen-bond donors (Lipinski definition) is 1. The van der Waals surface area contributed by atoms with Gasteiger partial charge < -0.3 is 19.5 Å². The molecule has 4 rings (SSSR count). The highest BCUT2D eigenvalue weighted by Crippen LogP contribution is 2.21. The summed E-state index contributed by atoms with van der Waals surface area (Å²) < 4.78 is 8.07. The Bertz CT molecular complexity index is 1010. The molecule has 0 saturated carbocycles. The Morgan fingerprint density at radius 1 is 1.12 bits per heavy atom. The average Bonchev–Trinajstić information content (AvgIpc) is 3.23. The maximum absolute atomic E-state index is 12.9. The molecule has 0 aliphatic carbocycles. The van der Waals surface area contributed by atoms with Crippen molar-refractivity contribution < 1.29 is 9.53 Å². The molecule has 1 aliphatic rings. The number of ether oxygens (including phenoxy) is 1. The summed E-state index contributed by atoms with van der Waals surface area (Å²) in [5.74, 6) is -0.0805. The summed E-state index contributed by atoms with van der Waals surface area (Å²) in [4.78, 5) is 17.6. The van der Waals surface area contributed by atoms with E-state index in [9.17, 15) is 4.79 Å². The maximum Gasteiger partial charge on any atom is 0.254 e. The molecule has 0 radical (unpaired) electrons. The van der Waals surface area contributed by atoms with Gasteiger partial charge in [0.05, 0.1) is 6.61 Å². The minimum atomic E-state index is -0.457. The highest BCUT2D eigenvalue weighted by molar-refractivity contribution is 5.96. The van der Waals surface area contributed by atoms with Crippen LogP contribution in [0.4, 0.5) is 5.69 Å². The first kappa shape index (κ1) is 22.5. The van der Waals surface area contributed by atoms with Gasteiger partial charge in [-0.3, -0.25) is 9.69 Å². The lowest BCUT2D eigenvalue weighted by molar-refractivity contribution is -0.133. The van der Waals surface area contributed by atoms with E-state index in [2.05, 4.69) is 64.0 Å². The zero-order chi connectivity index (χ0) is 22.3. The topological polar surface area (TPSA) is 49.7 Å². The number of nitrogens with one attached hydrogen (secondary N) is 1. The van der Waals surface area contributed by atoms with E-state index in [4.69, 9.17) is 4.74 Å². The van der Waals surface area contributed by atoms with Gasteiger partial charge in [0.1, 0.15) is 6.10 Å². The maximum atomic E-state index is 12.9. The summed E-state index contributed by atoms with van der Waals surface area (Å²) in [5, 5.41) is 4.19. The molecule has 1 saturated heterocycles. The average molecular weight is 435 g/mol. The van der Waals surface area contributed by atoms with Crippen LogP contribution in [0.2, 0.25) is 0 Å². The molecule has 0 bridgehead atoms. The first-order chi connectivity index (χ1) is 15.7. The van der Waals surface area contributed by atoms with Crippen LogP contribution in [0.15, 0.2) is 60.8 Å². The number of rotatable bonds is 9. The van der Waals surface area contributed by atoms with E-state index in [0.717, 1.165) is 50.3 Å². The predicted molar refractivity (Wildman–Crippen MR) is 130 cm³/mol. The Morgan fingerprint density at radius 3 is 2.72 bits per heavy atom. The predicted octanol–water partition coefficient (Wildman–Crippen LogP) is 3.82. The first-order valence-corrected chi connectivity index (χ1v) is 11.7. The Hall–Kier alpha value is -2.67. The number of morpholine rings is 1. The van der Waals surface area contributed by atoms with Gasteiger partial charge in [-0.2, -0.15) is 0 Å². The van der Waals surface area contributed by atoms with Crippen molar-refractivity contribution in [1.29, 1.82) is 0 Å². The van der Waals surface area contributed by atoms with Crippen LogP contribution in [-0.2, 0) is 22.6 Å². The number of anilines is 1. The van der Waals surface area contributed by atoms with E-state index < -0.39 is 6.10 Å². The van der Waals surface area contributed by atoms with E-state index in [1.165, 1.54) is 11.1 Å². The summed E-state index contributed by atoms with van der Waals surface area (Å²) in [6, 6.07) is 18.6. The van der Waals surface area contributed by atoms with Crippen LogP contribution >= 0.6 is 0 Å².